The molecule has 0 aliphatic carbocycles. The Kier molecular flexibility index (Phi) is 3.60. The summed E-state index contributed by atoms with van der Waals surface area (Å²) in [5.74, 6) is -0.841. The van der Waals surface area contributed by atoms with Gasteiger partial charge in [0.05, 0.1) is 5.92 Å². The number of sulfonamides is 1. The molecule has 0 bridgehead atoms. The molecule has 0 radical (unpaired) electrons. The molecule has 6 nitrogen and oxygen atoms in total. The van der Waals surface area contributed by atoms with E-state index in [0.29, 0.717) is 25.1 Å². The van der Waals surface area contributed by atoms with Crippen molar-refractivity contribution in [3.63, 3.8) is 0 Å². The summed E-state index contributed by atoms with van der Waals surface area (Å²) in [5.41, 5.74) is 11.2. The zero-order chi connectivity index (χ0) is 13.3. The van der Waals surface area contributed by atoms with Crippen LogP contribution in [0.3, 0.4) is 0 Å². The number of thiophene rings is 1. The summed E-state index contributed by atoms with van der Waals surface area (Å²) in [6.07, 6.45) is 1.29. The minimum atomic E-state index is -3.54. The first-order valence-electron chi connectivity index (χ1n) is 5.54. The third-order valence-corrected chi connectivity index (χ3v) is 6.27. The summed E-state index contributed by atoms with van der Waals surface area (Å²) >= 11 is 1.09. The van der Waals surface area contributed by atoms with Crippen molar-refractivity contribution in [2.45, 2.75) is 17.1 Å². The summed E-state index contributed by atoms with van der Waals surface area (Å²) in [4.78, 5) is 11.2. The van der Waals surface area contributed by atoms with Crippen molar-refractivity contribution in [2.75, 3.05) is 18.8 Å². The molecule has 4 N–H and O–H groups in total. The van der Waals surface area contributed by atoms with Gasteiger partial charge in [0.1, 0.15) is 4.21 Å². The summed E-state index contributed by atoms with van der Waals surface area (Å²) < 4.78 is 26.1. The van der Waals surface area contributed by atoms with Crippen LogP contribution in [0.1, 0.15) is 12.8 Å². The van der Waals surface area contributed by atoms with Crippen molar-refractivity contribution in [1.29, 1.82) is 0 Å². The van der Waals surface area contributed by atoms with E-state index in [1.54, 1.807) is 5.38 Å². The Bertz CT molecular complexity index is 552. The molecule has 1 fully saturated rings. The lowest BCUT2D eigenvalue weighted by atomic mass is 9.99. The summed E-state index contributed by atoms with van der Waals surface area (Å²) in [6.45, 7) is 0.583. The molecule has 1 amide bonds. The van der Waals surface area contributed by atoms with Crippen molar-refractivity contribution < 1.29 is 13.2 Å². The van der Waals surface area contributed by atoms with E-state index in [-0.39, 0.29) is 10.8 Å². The third-order valence-electron chi connectivity index (χ3n) is 2.98. The van der Waals surface area contributed by atoms with Gasteiger partial charge in [-0.1, -0.05) is 0 Å². The maximum absolute atomic E-state index is 12.3. The highest BCUT2D eigenvalue weighted by Gasteiger charge is 2.33. The second-order valence-electron chi connectivity index (χ2n) is 4.30. The largest absolute Gasteiger partial charge is 0.398 e. The third kappa shape index (κ3) is 2.50. The molecule has 0 aromatic carbocycles. The van der Waals surface area contributed by atoms with E-state index in [9.17, 15) is 13.2 Å². The van der Waals surface area contributed by atoms with Gasteiger partial charge in [-0.15, -0.1) is 11.3 Å². The average Bonchev–Trinajstić information content (AvgIpc) is 2.77. The van der Waals surface area contributed by atoms with Crippen LogP contribution in [-0.4, -0.2) is 31.7 Å². The van der Waals surface area contributed by atoms with Crippen molar-refractivity contribution in [2.24, 2.45) is 11.7 Å². The van der Waals surface area contributed by atoms with Crippen molar-refractivity contribution in [3.05, 3.63) is 11.4 Å². The topological polar surface area (TPSA) is 106 Å². The Labute approximate surface area is 110 Å². The molecule has 0 spiro atoms. The predicted octanol–water partition coefficient (Wildman–Crippen LogP) is 0.216. The highest BCUT2D eigenvalue weighted by Crippen LogP contribution is 2.28. The van der Waals surface area contributed by atoms with E-state index in [4.69, 9.17) is 11.5 Å². The molecule has 1 aromatic heterocycles. The summed E-state index contributed by atoms with van der Waals surface area (Å²) in [7, 11) is -3.54. The number of hydrogen-bond acceptors (Lipinski definition) is 5. The highest BCUT2D eigenvalue weighted by atomic mass is 32.2. The predicted molar refractivity (Wildman–Crippen MR) is 69.4 cm³/mol. The molecule has 1 saturated heterocycles. The average molecular weight is 289 g/mol. The van der Waals surface area contributed by atoms with E-state index in [2.05, 4.69) is 0 Å². The van der Waals surface area contributed by atoms with Gasteiger partial charge in [0, 0.05) is 24.2 Å². The lowest BCUT2D eigenvalue weighted by Gasteiger charge is -2.29. The number of hydrogen-bond donors (Lipinski definition) is 2. The fourth-order valence-electron chi connectivity index (χ4n) is 1.99. The maximum atomic E-state index is 12.3. The quantitative estimate of drug-likeness (QED) is 0.829. The van der Waals surface area contributed by atoms with Crippen LogP contribution in [0.25, 0.3) is 0 Å². The Morgan fingerprint density at radius 1 is 1.50 bits per heavy atom. The Morgan fingerprint density at radius 2 is 2.22 bits per heavy atom. The minimum absolute atomic E-state index is 0.162. The van der Waals surface area contributed by atoms with Gasteiger partial charge in [0.2, 0.25) is 5.91 Å². The van der Waals surface area contributed by atoms with Gasteiger partial charge >= 0.3 is 0 Å². The first-order chi connectivity index (χ1) is 8.41. The van der Waals surface area contributed by atoms with E-state index in [0.717, 1.165) is 11.3 Å². The van der Waals surface area contributed by atoms with Crippen LogP contribution >= 0.6 is 11.3 Å². The molecular weight excluding hydrogens is 274 g/mol. The van der Waals surface area contributed by atoms with Gasteiger partial charge < -0.3 is 11.5 Å². The SMILES string of the molecule is NC(=O)C1CCCN(S(=O)(=O)c2cc(N)cs2)C1. The number of carbonyl (C=O) groups is 1. The molecule has 18 heavy (non-hydrogen) atoms. The maximum Gasteiger partial charge on any atom is 0.252 e. The zero-order valence-corrected chi connectivity index (χ0v) is 11.3. The Hall–Kier alpha value is -1.12. The molecule has 1 aromatic rings. The number of carbonyl (C=O) groups excluding carboxylic acids is 1. The van der Waals surface area contributed by atoms with Crippen LogP contribution in [0.15, 0.2) is 15.7 Å². The van der Waals surface area contributed by atoms with Gasteiger partial charge in [0.15, 0.2) is 0 Å². The molecule has 1 aliphatic rings. The van der Waals surface area contributed by atoms with Gasteiger partial charge in [-0.05, 0) is 18.9 Å². The van der Waals surface area contributed by atoms with Crippen LogP contribution in [0.4, 0.5) is 5.69 Å². The Morgan fingerprint density at radius 3 is 2.78 bits per heavy atom. The number of rotatable bonds is 3. The van der Waals surface area contributed by atoms with Gasteiger partial charge in [-0.2, -0.15) is 4.31 Å². The summed E-state index contributed by atoms with van der Waals surface area (Å²) in [6, 6.07) is 1.44. The minimum Gasteiger partial charge on any atom is -0.398 e. The van der Waals surface area contributed by atoms with Gasteiger partial charge in [0.25, 0.3) is 10.0 Å². The fourth-order valence-corrected chi connectivity index (χ4v) is 4.74. The molecule has 100 valence electrons. The van der Waals surface area contributed by atoms with Crippen LogP contribution in [-0.2, 0) is 14.8 Å². The lowest BCUT2D eigenvalue weighted by molar-refractivity contribution is -0.122. The highest BCUT2D eigenvalue weighted by molar-refractivity contribution is 7.91. The van der Waals surface area contributed by atoms with Crippen molar-refractivity contribution in [3.8, 4) is 0 Å². The van der Waals surface area contributed by atoms with E-state index in [1.165, 1.54) is 10.4 Å². The van der Waals surface area contributed by atoms with E-state index < -0.39 is 21.8 Å². The van der Waals surface area contributed by atoms with E-state index in [1.807, 2.05) is 0 Å². The first-order valence-corrected chi connectivity index (χ1v) is 7.86. The smallest absolute Gasteiger partial charge is 0.252 e. The lowest BCUT2D eigenvalue weighted by Crippen LogP contribution is -2.43. The normalized spacial score (nSPS) is 21.9. The molecule has 1 aliphatic heterocycles. The van der Waals surface area contributed by atoms with Crippen LogP contribution in [0, 0.1) is 5.92 Å². The number of nitrogen functional groups attached to an aromatic ring is 1. The number of piperidine rings is 1. The zero-order valence-electron chi connectivity index (χ0n) is 9.70. The van der Waals surface area contributed by atoms with Crippen LogP contribution in [0.2, 0.25) is 0 Å². The van der Waals surface area contributed by atoms with Crippen LogP contribution in [0.5, 0.6) is 0 Å². The molecule has 0 saturated carbocycles. The van der Waals surface area contributed by atoms with Crippen LogP contribution < -0.4 is 11.5 Å². The molecule has 1 atom stereocenters. The number of amides is 1. The number of anilines is 1. The monoisotopic (exact) mass is 289 g/mol. The van der Waals surface area contributed by atoms with Crippen molar-refractivity contribution in [1.82, 2.24) is 4.31 Å². The summed E-state index contributed by atoms with van der Waals surface area (Å²) in [5, 5.41) is 1.59. The molecule has 8 heteroatoms. The first kappa shape index (κ1) is 13.3. The molecule has 2 heterocycles. The van der Waals surface area contributed by atoms with Gasteiger partial charge in [-0.3, -0.25) is 4.79 Å². The second kappa shape index (κ2) is 4.87. The molecular formula is C10H15N3O3S2. The van der Waals surface area contributed by atoms with Crippen molar-refractivity contribution >= 4 is 33.0 Å². The number of nitrogens with zero attached hydrogens (tertiary/aromatic N) is 1. The van der Waals surface area contributed by atoms with Gasteiger partial charge in [-0.25, -0.2) is 8.42 Å². The number of primary amides is 1. The number of nitrogens with two attached hydrogens (primary N) is 2. The molecule has 2 rings (SSSR count). The molecule has 1 unspecified atom stereocenters. The Balaban J connectivity index is 2.22. The van der Waals surface area contributed by atoms with E-state index >= 15 is 0 Å². The fraction of sp³-hybridized carbons (Fsp3) is 0.500. The second-order valence-corrected chi connectivity index (χ2v) is 7.38. The standard InChI is InChI=1S/C10H15N3O3S2/c11-8-4-9(17-6-8)18(15,16)13-3-1-2-7(5-13)10(12)14/h4,6-7H,1-3,5,11H2,(H2,12,14).